The van der Waals surface area contributed by atoms with E-state index in [0.29, 0.717) is 11.4 Å². The van der Waals surface area contributed by atoms with Crippen LogP contribution in [0.25, 0.3) is 11.1 Å². The molecular formula is C23H24N4O2. The molecule has 1 fully saturated rings. The van der Waals surface area contributed by atoms with Crippen molar-refractivity contribution in [1.29, 1.82) is 0 Å². The van der Waals surface area contributed by atoms with E-state index >= 15 is 0 Å². The first-order valence-electron chi connectivity index (χ1n) is 9.82. The standard InChI is InChI=1S/C23H24N4O2/c1-16-3-2-4-19(13-16)23(29)26-21-14-17(5-9-24-21)18-6-10-25-22(15-18)27-11-7-20(28)8-12-27/h2-6,9-10,13-15,20,28H,7-8,11-12H2,1H3,(H,24,26,29). The second-order valence-corrected chi connectivity index (χ2v) is 7.37. The van der Waals surface area contributed by atoms with Crippen LogP contribution in [0.4, 0.5) is 11.6 Å². The molecule has 1 aliphatic rings. The summed E-state index contributed by atoms with van der Waals surface area (Å²) in [4.78, 5) is 23.5. The van der Waals surface area contributed by atoms with E-state index in [-0.39, 0.29) is 12.0 Å². The van der Waals surface area contributed by atoms with Crippen LogP contribution in [-0.2, 0) is 0 Å². The summed E-state index contributed by atoms with van der Waals surface area (Å²) in [5.41, 5.74) is 3.61. The van der Waals surface area contributed by atoms with Crippen molar-refractivity contribution in [2.75, 3.05) is 23.3 Å². The summed E-state index contributed by atoms with van der Waals surface area (Å²) in [7, 11) is 0. The van der Waals surface area contributed by atoms with Gasteiger partial charge in [-0.3, -0.25) is 4.79 Å². The normalized spacial score (nSPS) is 14.6. The molecule has 29 heavy (non-hydrogen) atoms. The molecule has 1 aromatic carbocycles. The number of aryl methyl sites for hydroxylation is 1. The minimum Gasteiger partial charge on any atom is -0.393 e. The Labute approximate surface area is 170 Å². The van der Waals surface area contributed by atoms with E-state index in [2.05, 4.69) is 20.2 Å². The number of benzene rings is 1. The van der Waals surface area contributed by atoms with Crippen LogP contribution in [0, 0.1) is 6.92 Å². The lowest BCUT2D eigenvalue weighted by Crippen LogP contribution is -2.36. The van der Waals surface area contributed by atoms with E-state index in [4.69, 9.17) is 0 Å². The van der Waals surface area contributed by atoms with Gasteiger partial charge in [0.05, 0.1) is 6.10 Å². The Balaban J connectivity index is 1.53. The number of hydrogen-bond donors (Lipinski definition) is 2. The predicted octanol–water partition coefficient (Wildman–Crippen LogP) is 3.67. The third-order valence-corrected chi connectivity index (χ3v) is 5.15. The van der Waals surface area contributed by atoms with E-state index in [1.807, 2.05) is 49.4 Å². The van der Waals surface area contributed by atoms with Crippen molar-refractivity contribution in [3.63, 3.8) is 0 Å². The maximum absolute atomic E-state index is 12.5. The molecule has 4 rings (SSSR count). The van der Waals surface area contributed by atoms with Crippen molar-refractivity contribution >= 4 is 17.5 Å². The number of aliphatic hydroxyl groups excluding tert-OH is 1. The number of anilines is 2. The molecule has 6 heteroatoms. The summed E-state index contributed by atoms with van der Waals surface area (Å²) in [5.74, 6) is 1.23. The fourth-order valence-electron chi connectivity index (χ4n) is 3.52. The highest BCUT2D eigenvalue weighted by Crippen LogP contribution is 2.26. The van der Waals surface area contributed by atoms with Gasteiger partial charge in [-0.15, -0.1) is 0 Å². The van der Waals surface area contributed by atoms with Crippen molar-refractivity contribution in [2.45, 2.75) is 25.9 Å². The van der Waals surface area contributed by atoms with E-state index in [1.54, 1.807) is 18.5 Å². The topological polar surface area (TPSA) is 78.4 Å². The molecule has 1 aliphatic heterocycles. The van der Waals surface area contributed by atoms with E-state index in [9.17, 15) is 9.90 Å². The Morgan fingerprint density at radius 3 is 2.52 bits per heavy atom. The minimum atomic E-state index is -0.214. The van der Waals surface area contributed by atoms with Crippen molar-refractivity contribution < 1.29 is 9.90 Å². The van der Waals surface area contributed by atoms with Crippen molar-refractivity contribution in [1.82, 2.24) is 9.97 Å². The molecular weight excluding hydrogens is 364 g/mol. The summed E-state index contributed by atoms with van der Waals surface area (Å²) < 4.78 is 0. The van der Waals surface area contributed by atoms with Crippen LogP contribution >= 0.6 is 0 Å². The molecule has 2 N–H and O–H groups in total. The van der Waals surface area contributed by atoms with Crippen LogP contribution in [0.1, 0.15) is 28.8 Å². The second-order valence-electron chi connectivity index (χ2n) is 7.37. The summed E-state index contributed by atoms with van der Waals surface area (Å²) in [5, 5.41) is 12.6. The molecule has 0 atom stereocenters. The first kappa shape index (κ1) is 19.1. The van der Waals surface area contributed by atoms with E-state index in [1.165, 1.54) is 0 Å². The fraction of sp³-hybridized carbons (Fsp3) is 0.261. The number of amides is 1. The second kappa shape index (κ2) is 8.41. The molecule has 6 nitrogen and oxygen atoms in total. The van der Waals surface area contributed by atoms with Gasteiger partial charge in [0.25, 0.3) is 5.91 Å². The zero-order valence-electron chi connectivity index (χ0n) is 16.4. The van der Waals surface area contributed by atoms with Gasteiger partial charge in [-0.1, -0.05) is 17.7 Å². The number of carbonyl (C=O) groups is 1. The Morgan fingerprint density at radius 1 is 1.03 bits per heavy atom. The maximum atomic E-state index is 12.5. The van der Waals surface area contributed by atoms with Gasteiger partial charge in [-0.05, 0) is 67.3 Å². The van der Waals surface area contributed by atoms with Gasteiger partial charge in [-0.25, -0.2) is 9.97 Å². The van der Waals surface area contributed by atoms with Crippen molar-refractivity contribution in [2.24, 2.45) is 0 Å². The lowest BCUT2D eigenvalue weighted by atomic mass is 10.1. The molecule has 0 bridgehead atoms. The molecule has 1 amide bonds. The van der Waals surface area contributed by atoms with E-state index < -0.39 is 0 Å². The quantitative estimate of drug-likeness (QED) is 0.713. The van der Waals surface area contributed by atoms with Crippen LogP contribution in [0.15, 0.2) is 60.9 Å². The van der Waals surface area contributed by atoms with Crippen LogP contribution in [-0.4, -0.2) is 40.2 Å². The smallest absolute Gasteiger partial charge is 0.256 e. The average molecular weight is 388 g/mol. The van der Waals surface area contributed by atoms with Crippen LogP contribution in [0.3, 0.4) is 0 Å². The highest BCUT2D eigenvalue weighted by atomic mass is 16.3. The predicted molar refractivity (Wildman–Crippen MR) is 114 cm³/mol. The number of nitrogens with one attached hydrogen (secondary N) is 1. The maximum Gasteiger partial charge on any atom is 0.256 e. The summed E-state index contributed by atoms with van der Waals surface area (Å²) in [6.45, 7) is 3.55. The number of nitrogens with zero attached hydrogens (tertiary/aromatic N) is 3. The zero-order valence-corrected chi connectivity index (χ0v) is 16.4. The molecule has 1 saturated heterocycles. The van der Waals surface area contributed by atoms with Crippen LogP contribution in [0.2, 0.25) is 0 Å². The number of hydrogen-bond acceptors (Lipinski definition) is 5. The number of aromatic nitrogens is 2. The number of pyridine rings is 2. The van der Waals surface area contributed by atoms with Gasteiger partial charge in [0, 0.05) is 31.0 Å². The van der Waals surface area contributed by atoms with Crippen molar-refractivity contribution in [3.8, 4) is 11.1 Å². The minimum absolute atomic E-state index is 0.180. The third kappa shape index (κ3) is 4.60. The summed E-state index contributed by atoms with van der Waals surface area (Å²) in [6, 6.07) is 15.2. The average Bonchev–Trinajstić information content (AvgIpc) is 2.74. The van der Waals surface area contributed by atoms with Crippen LogP contribution in [0.5, 0.6) is 0 Å². The van der Waals surface area contributed by atoms with Gasteiger partial charge in [0.1, 0.15) is 11.6 Å². The van der Waals surface area contributed by atoms with Gasteiger partial charge in [0.15, 0.2) is 0 Å². The molecule has 3 heterocycles. The molecule has 0 aliphatic carbocycles. The molecule has 148 valence electrons. The highest BCUT2D eigenvalue weighted by Gasteiger charge is 2.18. The van der Waals surface area contributed by atoms with Gasteiger partial charge in [-0.2, -0.15) is 0 Å². The Morgan fingerprint density at radius 2 is 1.76 bits per heavy atom. The van der Waals surface area contributed by atoms with Crippen LogP contribution < -0.4 is 10.2 Å². The van der Waals surface area contributed by atoms with Gasteiger partial charge < -0.3 is 15.3 Å². The molecule has 0 saturated carbocycles. The first-order chi connectivity index (χ1) is 14.1. The van der Waals surface area contributed by atoms with Crippen molar-refractivity contribution in [3.05, 3.63) is 72.1 Å². The lowest BCUT2D eigenvalue weighted by molar-refractivity contribution is 0.102. The number of aliphatic hydroxyl groups is 1. The SMILES string of the molecule is Cc1cccc(C(=O)Nc2cc(-c3ccnc(N4CCC(O)CC4)c3)ccn2)c1. The highest BCUT2D eigenvalue weighted by molar-refractivity contribution is 6.04. The largest absolute Gasteiger partial charge is 0.393 e. The Kier molecular flexibility index (Phi) is 5.53. The number of rotatable bonds is 4. The van der Waals surface area contributed by atoms with E-state index in [0.717, 1.165) is 48.4 Å². The Hall–Kier alpha value is -3.25. The molecule has 0 unspecified atom stereocenters. The zero-order chi connectivity index (χ0) is 20.2. The summed E-state index contributed by atoms with van der Waals surface area (Å²) >= 11 is 0. The molecule has 0 radical (unpaired) electrons. The Bertz CT molecular complexity index is 1010. The number of carbonyl (C=O) groups excluding carboxylic acids is 1. The molecule has 3 aromatic rings. The molecule has 0 spiro atoms. The number of piperidine rings is 1. The first-order valence-corrected chi connectivity index (χ1v) is 9.82. The third-order valence-electron chi connectivity index (χ3n) is 5.15. The molecule has 2 aromatic heterocycles. The van der Waals surface area contributed by atoms with Gasteiger partial charge >= 0.3 is 0 Å². The fourth-order valence-corrected chi connectivity index (χ4v) is 3.52. The summed E-state index contributed by atoms with van der Waals surface area (Å²) in [6.07, 6.45) is 4.79. The van der Waals surface area contributed by atoms with Gasteiger partial charge in [0.2, 0.25) is 0 Å². The monoisotopic (exact) mass is 388 g/mol. The lowest BCUT2D eigenvalue weighted by Gasteiger charge is -2.30.